The summed E-state index contributed by atoms with van der Waals surface area (Å²) in [6.07, 6.45) is 0.664. The summed E-state index contributed by atoms with van der Waals surface area (Å²) in [7, 11) is 1.49. The van der Waals surface area contributed by atoms with Gasteiger partial charge in [-0.3, -0.25) is 4.79 Å². The van der Waals surface area contributed by atoms with Crippen LogP contribution in [0.3, 0.4) is 0 Å². The van der Waals surface area contributed by atoms with Gasteiger partial charge in [0.2, 0.25) is 0 Å². The van der Waals surface area contributed by atoms with Crippen molar-refractivity contribution in [1.82, 2.24) is 4.90 Å². The summed E-state index contributed by atoms with van der Waals surface area (Å²) in [5.41, 5.74) is 2.26. The molecule has 0 radical (unpaired) electrons. The van der Waals surface area contributed by atoms with E-state index in [0.29, 0.717) is 13.0 Å². The Morgan fingerprint density at radius 1 is 1.38 bits per heavy atom. The highest BCUT2D eigenvalue weighted by molar-refractivity contribution is 6.31. The Morgan fingerprint density at radius 2 is 2.06 bits per heavy atom. The molecular formula is C12H15NO3. The fourth-order valence-corrected chi connectivity index (χ4v) is 1.43. The molecule has 0 aliphatic carbocycles. The van der Waals surface area contributed by atoms with Crippen LogP contribution >= 0.6 is 0 Å². The Labute approximate surface area is 94.5 Å². The second-order valence-corrected chi connectivity index (χ2v) is 3.77. The number of hydrogen-bond donors (Lipinski definition) is 1. The summed E-state index contributed by atoms with van der Waals surface area (Å²) in [6, 6.07) is 7.93. The zero-order chi connectivity index (χ0) is 12.1. The van der Waals surface area contributed by atoms with Crippen LogP contribution < -0.4 is 0 Å². The Balaban J connectivity index is 2.52. The molecule has 0 spiro atoms. The first-order valence-electron chi connectivity index (χ1n) is 5.04. The normalized spacial score (nSPS) is 9.88. The lowest BCUT2D eigenvalue weighted by molar-refractivity contribution is -0.155. The Hall–Kier alpha value is -1.84. The van der Waals surface area contributed by atoms with Gasteiger partial charge >= 0.3 is 11.9 Å². The molecule has 0 saturated heterocycles. The van der Waals surface area contributed by atoms with Gasteiger partial charge in [-0.25, -0.2) is 4.79 Å². The van der Waals surface area contributed by atoms with Crippen molar-refractivity contribution in [2.24, 2.45) is 0 Å². The molecule has 0 saturated carbocycles. The molecule has 0 fully saturated rings. The van der Waals surface area contributed by atoms with Gasteiger partial charge in [0.05, 0.1) is 0 Å². The molecule has 1 N–H and O–H groups in total. The van der Waals surface area contributed by atoms with Gasteiger partial charge in [-0.15, -0.1) is 0 Å². The van der Waals surface area contributed by atoms with Crippen LogP contribution in [0.2, 0.25) is 0 Å². The van der Waals surface area contributed by atoms with E-state index in [1.54, 1.807) is 0 Å². The molecule has 0 atom stereocenters. The van der Waals surface area contributed by atoms with Gasteiger partial charge in [-0.05, 0) is 18.9 Å². The number of rotatable bonds is 3. The van der Waals surface area contributed by atoms with Crippen LogP contribution in [-0.4, -0.2) is 35.5 Å². The monoisotopic (exact) mass is 221 g/mol. The van der Waals surface area contributed by atoms with Crippen molar-refractivity contribution in [3.05, 3.63) is 35.4 Å². The van der Waals surface area contributed by atoms with Gasteiger partial charge in [-0.2, -0.15) is 0 Å². The van der Waals surface area contributed by atoms with E-state index >= 15 is 0 Å². The summed E-state index contributed by atoms with van der Waals surface area (Å²) < 4.78 is 0. The van der Waals surface area contributed by atoms with Crippen molar-refractivity contribution >= 4 is 11.9 Å². The molecule has 4 heteroatoms. The molecule has 0 aromatic heterocycles. The van der Waals surface area contributed by atoms with Gasteiger partial charge in [-0.1, -0.05) is 29.8 Å². The van der Waals surface area contributed by atoms with E-state index in [4.69, 9.17) is 5.11 Å². The number of carbonyl (C=O) groups excluding carboxylic acids is 1. The Morgan fingerprint density at radius 3 is 2.62 bits per heavy atom. The molecule has 1 rings (SSSR count). The second kappa shape index (κ2) is 5.30. The third kappa shape index (κ3) is 3.38. The minimum absolute atomic E-state index is 0.411. The van der Waals surface area contributed by atoms with Gasteiger partial charge in [0.25, 0.3) is 0 Å². The van der Waals surface area contributed by atoms with Gasteiger partial charge in [0.15, 0.2) is 0 Å². The highest BCUT2D eigenvalue weighted by atomic mass is 16.4. The lowest BCUT2D eigenvalue weighted by Gasteiger charge is -2.14. The SMILES string of the molecule is Cc1cccc(CCN(C)C(=O)C(=O)O)c1. The summed E-state index contributed by atoms with van der Waals surface area (Å²) in [5.74, 6) is -2.28. The maximum atomic E-state index is 11.1. The van der Waals surface area contributed by atoms with E-state index in [2.05, 4.69) is 0 Å². The van der Waals surface area contributed by atoms with Crippen LogP contribution in [0.25, 0.3) is 0 Å². The quantitative estimate of drug-likeness (QED) is 0.777. The molecule has 0 unspecified atom stereocenters. The minimum Gasteiger partial charge on any atom is -0.474 e. The van der Waals surface area contributed by atoms with Crippen LogP contribution in [0.15, 0.2) is 24.3 Å². The van der Waals surface area contributed by atoms with Gasteiger partial charge in [0.1, 0.15) is 0 Å². The van der Waals surface area contributed by atoms with Gasteiger partial charge in [0, 0.05) is 13.6 Å². The number of carbonyl (C=O) groups is 2. The largest absolute Gasteiger partial charge is 0.474 e. The van der Waals surface area contributed by atoms with Crippen LogP contribution in [0, 0.1) is 6.92 Å². The molecule has 0 aliphatic heterocycles. The average Bonchev–Trinajstić information content (AvgIpc) is 2.24. The standard InChI is InChI=1S/C12H15NO3/c1-9-4-3-5-10(8-9)6-7-13(2)11(14)12(15)16/h3-5,8H,6-7H2,1-2H3,(H,15,16). The zero-order valence-electron chi connectivity index (χ0n) is 9.43. The molecule has 0 aliphatic rings. The van der Waals surface area contributed by atoms with Crippen molar-refractivity contribution in [2.45, 2.75) is 13.3 Å². The minimum atomic E-state index is -1.41. The molecular weight excluding hydrogens is 206 g/mol. The molecule has 86 valence electrons. The summed E-state index contributed by atoms with van der Waals surface area (Å²) >= 11 is 0. The summed E-state index contributed by atoms with van der Waals surface area (Å²) in [6.45, 7) is 2.41. The van der Waals surface area contributed by atoms with Crippen LogP contribution in [0.4, 0.5) is 0 Å². The fraction of sp³-hybridized carbons (Fsp3) is 0.333. The Kier molecular flexibility index (Phi) is 4.05. The number of amides is 1. The van der Waals surface area contributed by atoms with E-state index in [1.165, 1.54) is 11.9 Å². The van der Waals surface area contributed by atoms with Crippen molar-refractivity contribution in [3.63, 3.8) is 0 Å². The molecule has 0 heterocycles. The predicted octanol–water partition coefficient (Wildman–Crippen LogP) is 1.08. The number of benzene rings is 1. The first-order chi connectivity index (χ1) is 7.50. The topological polar surface area (TPSA) is 57.6 Å². The lowest BCUT2D eigenvalue weighted by atomic mass is 10.1. The highest BCUT2D eigenvalue weighted by Crippen LogP contribution is 2.05. The number of aryl methyl sites for hydroxylation is 1. The number of carboxylic acids is 1. The van der Waals surface area contributed by atoms with Gasteiger partial charge < -0.3 is 10.0 Å². The maximum Gasteiger partial charge on any atom is 0.394 e. The molecule has 0 bridgehead atoms. The summed E-state index contributed by atoms with van der Waals surface area (Å²) in [4.78, 5) is 22.7. The maximum absolute atomic E-state index is 11.1. The lowest BCUT2D eigenvalue weighted by Crippen LogP contribution is -2.34. The van der Waals surface area contributed by atoms with E-state index in [1.807, 2.05) is 31.2 Å². The highest BCUT2D eigenvalue weighted by Gasteiger charge is 2.16. The van der Waals surface area contributed by atoms with Crippen LogP contribution in [0.1, 0.15) is 11.1 Å². The third-order valence-corrected chi connectivity index (χ3v) is 2.35. The van der Waals surface area contributed by atoms with E-state index in [0.717, 1.165) is 11.1 Å². The number of likely N-dealkylation sites (N-methyl/N-ethyl adjacent to an activating group) is 1. The smallest absolute Gasteiger partial charge is 0.394 e. The van der Waals surface area contributed by atoms with E-state index < -0.39 is 11.9 Å². The first-order valence-corrected chi connectivity index (χ1v) is 5.04. The summed E-state index contributed by atoms with van der Waals surface area (Å²) in [5, 5.41) is 8.50. The number of nitrogens with zero attached hydrogens (tertiary/aromatic N) is 1. The zero-order valence-corrected chi connectivity index (χ0v) is 9.43. The average molecular weight is 221 g/mol. The van der Waals surface area contributed by atoms with Crippen molar-refractivity contribution < 1.29 is 14.7 Å². The fourth-order valence-electron chi connectivity index (χ4n) is 1.43. The third-order valence-electron chi connectivity index (χ3n) is 2.35. The number of aliphatic carboxylic acids is 1. The first kappa shape index (κ1) is 12.2. The molecule has 4 nitrogen and oxygen atoms in total. The number of hydrogen-bond acceptors (Lipinski definition) is 2. The van der Waals surface area contributed by atoms with Crippen molar-refractivity contribution in [2.75, 3.05) is 13.6 Å². The molecule has 1 aromatic rings. The van der Waals surface area contributed by atoms with Crippen molar-refractivity contribution in [3.8, 4) is 0 Å². The second-order valence-electron chi connectivity index (χ2n) is 3.77. The van der Waals surface area contributed by atoms with E-state index in [9.17, 15) is 9.59 Å². The molecule has 1 amide bonds. The van der Waals surface area contributed by atoms with Crippen LogP contribution in [-0.2, 0) is 16.0 Å². The molecule has 16 heavy (non-hydrogen) atoms. The molecule has 1 aromatic carbocycles. The van der Waals surface area contributed by atoms with Crippen molar-refractivity contribution in [1.29, 1.82) is 0 Å². The Bertz CT molecular complexity index is 401. The van der Waals surface area contributed by atoms with Crippen LogP contribution in [0.5, 0.6) is 0 Å². The predicted molar refractivity (Wildman–Crippen MR) is 60.2 cm³/mol. The number of carboxylic acid groups (broad SMARTS) is 1. The van der Waals surface area contributed by atoms with E-state index in [-0.39, 0.29) is 0 Å².